The van der Waals surface area contributed by atoms with E-state index in [2.05, 4.69) is 20.9 Å². The minimum atomic E-state index is -0.0650. The molecule has 0 radical (unpaired) electrons. The van der Waals surface area contributed by atoms with Crippen LogP contribution in [0.1, 0.15) is 0 Å². The van der Waals surface area contributed by atoms with Crippen LogP contribution in [0.25, 0.3) is 10.8 Å². The Morgan fingerprint density at radius 1 is 1.17 bits per heavy atom. The van der Waals surface area contributed by atoms with Crippen LogP contribution >= 0.6 is 15.9 Å². The lowest BCUT2D eigenvalue weighted by molar-refractivity contribution is 1.27. The van der Waals surface area contributed by atoms with E-state index in [0.29, 0.717) is 0 Å². The largest absolute Gasteiger partial charge is 0.328 e. The number of aromatic amines is 1. The highest BCUT2D eigenvalue weighted by Crippen LogP contribution is 2.16. The molecule has 0 spiro atoms. The van der Waals surface area contributed by atoms with E-state index in [1.165, 1.54) is 0 Å². The van der Waals surface area contributed by atoms with Crippen LogP contribution in [0.3, 0.4) is 0 Å². The van der Waals surface area contributed by atoms with Crippen LogP contribution in [0.5, 0.6) is 0 Å². The Balaban J connectivity index is 2.87. The Morgan fingerprint density at radius 2 is 2.00 bits per heavy atom. The molecule has 60 valence electrons. The summed E-state index contributed by atoms with van der Waals surface area (Å²) < 4.78 is 1.02. The molecule has 1 heterocycles. The van der Waals surface area contributed by atoms with Crippen LogP contribution in [-0.4, -0.2) is 4.98 Å². The number of nitrogens with one attached hydrogen (secondary N) is 1. The second-order valence-electron chi connectivity index (χ2n) is 2.57. The highest BCUT2D eigenvalue weighted by atomic mass is 79.9. The normalized spacial score (nSPS) is 10.4. The molecule has 1 N–H and O–H groups in total. The maximum absolute atomic E-state index is 10.9. The summed E-state index contributed by atoms with van der Waals surface area (Å²) in [5.41, 5.74) is -0.0650. The predicted molar refractivity (Wildman–Crippen MR) is 52.3 cm³/mol. The summed E-state index contributed by atoms with van der Waals surface area (Å²) in [4.78, 5) is 13.5. The maximum atomic E-state index is 10.9. The fraction of sp³-hybridized carbons (Fsp3) is 0. The van der Waals surface area contributed by atoms with Gasteiger partial charge in [-0.15, -0.1) is 0 Å². The Labute approximate surface area is 77.4 Å². The van der Waals surface area contributed by atoms with Crippen LogP contribution < -0.4 is 5.56 Å². The number of H-pyrrole nitrogens is 1. The van der Waals surface area contributed by atoms with E-state index in [1.54, 1.807) is 12.3 Å². The molecule has 2 nitrogen and oxygen atoms in total. The number of benzene rings is 1. The maximum Gasteiger partial charge on any atom is 0.248 e. The van der Waals surface area contributed by atoms with Gasteiger partial charge in [0.2, 0.25) is 5.56 Å². The smallest absolute Gasteiger partial charge is 0.248 e. The van der Waals surface area contributed by atoms with Crippen molar-refractivity contribution in [2.75, 3.05) is 0 Å². The molecule has 0 aliphatic heterocycles. The van der Waals surface area contributed by atoms with Crippen LogP contribution in [0.15, 0.2) is 39.7 Å². The Morgan fingerprint density at radius 3 is 2.83 bits per heavy atom. The average Bonchev–Trinajstić information content (AvgIpc) is 2.05. The monoisotopic (exact) mass is 223 g/mol. The number of fused-ring (bicyclic) bond motifs is 1. The molecule has 0 aliphatic carbocycles. The summed E-state index contributed by atoms with van der Waals surface area (Å²) in [7, 11) is 0. The van der Waals surface area contributed by atoms with Crippen LogP contribution in [0.4, 0.5) is 0 Å². The zero-order valence-corrected chi connectivity index (χ0v) is 7.76. The Kier molecular flexibility index (Phi) is 1.73. The van der Waals surface area contributed by atoms with Gasteiger partial charge in [-0.25, -0.2) is 0 Å². The fourth-order valence-electron chi connectivity index (χ4n) is 1.13. The van der Waals surface area contributed by atoms with Crippen molar-refractivity contribution in [1.29, 1.82) is 0 Å². The first kappa shape index (κ1) is 7.55. The standard InChI is InChI=1S/C9H6BrNO/c10-8-2-1-6-4-9(12)11-5-7(6)3-8/h1-5H,(H,11,12). The van der Waals surface area contributed by atoms with Crippen LogP contribution in [0, 0.1) is 0 Å². The third-order valence-electron chi connectivity index (χ3n) is 1.71. The first-order valence-electron chi connectivity index (χ1n) is 3.54. The van der Waals surface area contributed by atoms with Crippen molar-refractivity contribution >= 4 is 26.7 Å². The molecule has 0 amide bonds. The fourth-order valence-corrected chi connectivity index (χ4v) is 1.51. The third kappa shape index (κ3) is 1.28. The zero-order chi connectivity index (χ0) is 8.55. The summed E-state index contributed by atoms with van der Waals surface area (Å²) in [5, 5.41) is 1.99. The van der Waals surface area contributed by atoms with Gasteiger partial charge in [0.15, 0.2) is 0 Å². The van der Waals surface area contributed by atoms with Gasteiger partial charge in [0.05, 0.1) is 0 Å². The van der Waals surface area contributed by atoms with Gasteiger partial charge in [0, 0.05) is 16.7 Å². The molecular weight excluding hydrogens is 218 g/mol. The van der Waals surface area contributed by atoms with E-state index in [1.807, 2.05) is 18.2 Å². The van der Waals surface area contributed by atoms with E-state index in [9.17, 15) is 4.79 Å². The third-order valence-corrected chi connectivity index (χ3v) is 2.20. The number of hydrogen-bond acceptors (Lipinski definition) is 1. The topological polar surface area (TPSA) is 32.9 Å². The van der Waals surface area contributed by atoms with Crippen LogP contribution in [-0.2, 0) is 0 Å². The van der Waals surface area contributed by atoms with Crippen molar-refractivity contribution in [1.82, 2.24) is 4.98 Å². The predicted octanol–water partition coefficient (Wildman–Crippen LogP) is 2.29. The van der Waals surface area contributed by atoms with Gasteiger partial charge in [-0.1, -0.05) is 22.0 Å². The van der Waals surface area contributed by atoms with E-state index >= 15 is 0 Å². The number of aromatic nitrogens is 1. The second kappa shape index (κ2) is 2.75. The SMILES string of the molecule is O=c1cc2ccc(Br)cc2c[nH]1. The number of rotatable bonds is 0. The highest BCUT2D eigenvalue weighted by Gasteiger charge is 1.93. The van der Waals surface area contributed by atoms with Crippen molar-refractivity contribution in [2.45, 2.75) is 0 Å². The van der Waals surface area contributed by atoms with E-state index < -0.39 is 0 Å². The van der Waals surface area contributed by atoms with Gasteiger partial charge in [0.1, 0.15) is 0 Å². The quantitative estimate of drug-likeness (QED) is 0.731. The van der Waals surface area contributed by atoms with Crippen molar-refractivity contribution in [3.8, 4) is 0 Å². The van der Waals surface area contributed by atoms with E-state index in [-0.39, 0.29) is 5.56 Å². The molecule has 0 bridgehead atoms. The van der Waals surface area contributed by atoms with Gasteiger partial charge in [0.25, 0.3) is 0 Å². The summed E-state index contributed by atoms with van der Waals surface area (Å²) >= 11 is 3.36. The zero-order valence-electron chi connectivity index (χ0n) is 6.17. The Hall–Kier alpha value is -1.09. The van der Waals surface area contributed by atoms with Gasteiger partial charge >= 0.3 is 0 Å². The minimum absolute atomic E-state index is 0.0650. The molecule has 0 unspecified atom stereocenters. The van der Waals surface area contributed by atoms with E-state index in [0.717, 1.165) is 15.2 Å². The molecule has 0 saturated heterocycles. The number of hydrogen-bond donors (Lipinski definition) is 1. The first-order valence-corrected chi connectivity index (χ1v) is 4.33. The molecule has 3 heteroatoms. The van der Waals surface area contributed by atoms with Crippen molar-refractivity contribution < 1.29 is 0 Å². The molecule has 2 aromatic rings. The summed E-state index contributed by atoms with van der Waals surface area (Å²) in [6.07, 6.45) is 1.71. The molecule has 1 aromatic heterocycles. The molecule has 2 rings (SSSR count). The second-order valence-corrected chi connectivity index (χ2v) is 3.49. The van der Waals surface area contributed by atoms with Gasteiger partial charge < -0.3 is 4.98 Å². The van der Waals surface area contributed by atoms with E-state index in [4.69, 9.17) is 0 Å². The summed E-state index contributed by atoms with van der Waals surface area (Å²) in [5.74, 6) is 0. The highest BCUT2D eigenvalue weighted by molar-refractivity contribution is 9.10. The lowest BCUT2D eigenvalue weighted by atomic mass is 10.2. The van der Waals surface area contributed by atoms with Crippen molar-refractivity contribution in [3.63, 3.8) is 0 Å². The average molecular weight is 224 g/mol. The molecule has 12 heavy (non-hydrogen) atoms. The first-order chi connectivity index (χ1) is 5.75. The molecule has 0 saturated carbocycles. The molecule has 0 aliphatic rings. The number of halogens is 1. The van der Waals surface area contributed by atoms with Crippen molar-refractivity contribution in [3.05, 3.63) is 45.3 Å². The summed E-state index contributed by atoms with van der Waals surface area (Å²) in [6, 6.07) is 7.38. The van der Waals surface area contributed by atoms with Gasteiger partial charge in [-0.05, 0) is 22.9 Å². The molecule has 0 atom stereocenters. The minimum Gasteiger partial charge on any atom is -0.328 e. The number of pyridine rings is 1. The molecule has 1 aromatic carbocycles. The molecule has 0 fully saturated rings. The van der Waals surface area contributed by atoms with Gasteiger partial charge in [-0.3, -0.25) is 4.79 Å². The lowest BCUT2D eigenvalue weighted by Gasteiger charge is -1.95. The Bertz CT molecular complexity index is 475. The molecular formula is C9H6BrNO. The van der Waals surface area contributed by atoms with Crippen LogP contribution in [0.2, 0.25) is 0 Å². The van der Waals surface area contributed by atoms with Crippen molar-refractivity contribution in [2.24, 2.45) is 0 Å². The van der Waals surface area contributed by atoms with Gasteiger partial charge in [-0.2, -0.15) is 0 Å². The lowest BCUT2D eigenvalue weighted by Crippen LogP contribution is -2.01. The summed E-state index contributed by atoms with van der Waals surface area (Å²) in [6.45, 7) is 0.